The van der Waals surface area contributed by atoms with Gasteiger partial charge in [-0.05, 0) is 52.5 Å². The maximum Gasteiger partial charge on any atom is 0.229 e. The van der Waals surface area contributed by atoms with E-state index in [4.69, 9.17) is 4.74 Å². The normalized spacial score (nSPS) is 20.7. The van der Waals surface area contributed by atoms with Crippen molar-refractivity contribution in [1.82, 2.24) is 13.9 Å². The van der Waals surface area contributed by atoms with Gasteiger partial charge in [0.2, 0.25) is 15.9 Å². The SMILES string of the molecule is CCS(=O)(=O)N1CCC(C(=O)Nc2nc(-c3cc(C)n(CC4CCCO4)c3C)cs2)CC1. The lowest BCUT2D eigenvalue weighted by Crippen LogP contribution is -2.42. The van der Waals surface area contributed by atoms with Crippen molar-refractivity contribution < 1.29 is 17.9 Å². The summed E-state index contributed by atoms with van der Waals surface area (Å²) in [7, 11) is -3.19. The molecule has 2 aromatic rings. The van der Waals surface area contributed by atoms with E-state index in [9.17, 15) is 13.2 Å². The summed E-state index contributed by atoms with van der Waals surface area (Å²) in [5.74, 6) is -0.175. The fourth-order valence-electron chi connectivity index (χ4n) is 4.57. The second kappa shape index (κ2) is 9.62. The molecule has 4 rings (SSSR count). The van der Waals surface area contributed by atoms with Crippen molar-refractivity contribution in [1.29, 1.82) is 0 Å². The summed E-state index contributed by atoms with van der Waals surface area (Å²) in [6.07, 6.45) is 3.57. The van der Waals surface area contributed by atoms with Gasteiger partial charge < -0.3 is 14.6 Å². The zero-order chi connectivity index (χ0) is 22.9. The first-order valence-electron chi connectivity index (χ1n) is 11.3. The number of thiazole rings is 1. The Morgan fingerprint density at radius 3 is 2.69 bits per heavy atom. The molecule has 0 radical (unpaired) electrons. The highest BCUT2D eigenvalue weighted by molar-refractivity contribution is 7.89. The van der Waals surface area contributed by atoms with E-state index in [1.165, 1.54) is 21.3 Å². The number of ether oxygens (including phenoxy) is 1. The van der Waals surface area contributed by atoms with Crippen LogP contribution in [0.1, 0.15) is 44.0 Å². The molecule has 2 aromatic heterocycles. The fourth-order valence-corrected chi connectivity index (χ4v) is 6.42. The molecule has 10 heteroatoms. The van der Waals surface area contributed by atoms with Crippen molar-refractivity contribution in [3.8, 4) is 11.3 Å². The Kier molecular flexibility index (Phi) is 7.04. The van der Waals surface area contributed by atoms with Crippen molar-refractivity contribution in [2.24, 2.45) is 5.92 Å². The van der Waals surface area contributed by atoms with Crippen molar-refractivity contribution in [2.75, 3.05) is 30.8 Å². The monoisotopic (exact) mass is 480 g/mol. The summed E-state index contributed by atoms with van der Waals surface area (Å²) in [6, 6.07) is 2.15. The second-order valence-corrected chi connectivity index (χ2v) is 11.7. The summed E-state index contributed by atoms with van der Waals surface area (Å²) in [6.45, 7) is 8.35. The van der Waals surface area contributed by atoms with E-state index >= 15 is 0 Å². The molecule has 2 saturated heterocycles. The summed E-state index contributed by atoms with van der Waals surface area (Å²) in [4.78, 5) is 17.4. The number of carbonyl (C=O) groups excluding carboxylic acids is 1. The van der Waals surface area contributed by atoms with Gasteiger partial charge in [0, 0.05) is 54.5 Å². The number of anilines is 1. The number of amides is 1. The van der Waals surface area contributed by atoms with Crippen LogP contribution in [0.25, 0.3) is 11.3 Å². The second-order valence-electron chi connectivity index (χ2n) is 8.63. The Bertz CT molecular complexity index is 1060. The first-order valence-corrected chi connectivity index (χ1v) is 13.8. The number of nitrogens with zero attached hydrogens (tertiary/aromatic N) is 3. The molecule has 0 saturated carbocycles. The van der Waals surface area contributed by atoms with Crippen LogP contribution in [0.4, 0.5) is 5.13 Å². The molecule has 2 aliphatic rings. The zero-order valence-electron chi connectivity index (χ0n) is 19.0. The van der Waals surface area contributed by atoms with Gasteiger partial charge in [-0.2, -0.15) is 0 Å². The molecule has 1 unspecified atom stereocenters. The lowest BCUT2D eigenvalue weighted by Gasteiger charge is -2.30. The van der Waals surface area contributed by atoms with Gasteiger partial charge in [-0.3, -0.25) is 4.79 Å². The van der Waals surface area contributed by atoms with Crippen LogP contribution < -0.4 is 5.32 Å². The van der Waals surface area contributed by atoms with Gasteiger partial charge in [-0.1, -0.05) is 0 Å². The average Bonchev–Trinajstić information content (AvgIpc) is 3.52. The summed E-state index contributed by atoms with van der Waals surface area (Å²) in [5, 5.41) is 5.50. The van der Waals surface area contributed by atoms with Crippen LogP contribution in [-0.2, 0) is 26.1 Å². The highest BCUT2D eigenvalue weighted by atomic mass is 32.2. The Labute approximate surface area is 194 Å². The first kappa shape index (κ1) is 23.4. The number of hydrogen-bond acceptors (Lipinski definition) is 6. The zero-order valence-corrected chi connectivity index (χ0v) is 20.6. The fraction of sp³-hybridized carbons (Fsp3) is 0.636. The minimum absolute atomic E-state index is 0.0803. The van der Waals surface area contributed by atoms with Crippen molar-refractivity contribution >= 4 is 32.4 Å². The number of piperidine rings is 1. The van der Waals surface area contributed by atoms with Gasteiger partial charge in [-0.15, -0.1) is 11.3 Å². The minimum atomic E-state index is -3.19. The van der Waals surface area contributed by atoms with E-state index < -0.39 is 10.0 Å². The Morgan fingerprint density at radius 1 is 1.28 bits per heavy atom. The number of aryl methyl sites for hydroxylation is 1. The van der Waals surface area contributed by atoms with Crippen LogP contribution >= 0.6 is 11.3 Å². The van der Waals surface area contributed by atoms with Crippen molar-refractivity contribution in [3.63, 3.8) is 0 Å². The van der Waals surface area contributed by atoms with Crippen LogP contribution in [0.3, 0.4) is 0 Å². The van der Waals surface area contributed by atoms with Crippen LogP contribution in [0.2, 0.25) is 0 Å². The van der Waals surface area contributed by atoms with E-state index in [-0.39, 0.29) is 23.7 Å². The van der Waals surface area contributed by atoms with Crippen LogP contribution in [0, 0.1) is 19.8 Å². The maximum atomic E-state index is 12.7. The van der Waals surface area contributed by atoms with E-state index in [0.717, 1.165) is 42.9 Å². The van der Waals surface area contributed by atoms with E-state index in [2.05, 4.69) is 34.8 Å². The largest absolute Gasteiger partial charge is 0.376 e. The average molecular weight is 481 g/mol. The molecule has 0 spiro atoms. The maximum absolute atomic E-state index is 12.7. The highest BCUT2D eigenvalue weighted by Crippen LogP contribution is 2.31. The smallest absolute Gasteiger partial charge is 0.229 e. The molecular formula is C22H32N4O4S2. The molecule has 1 N–H and O–H groups in total. The molecular weight excluding hydrogens is 448 g/mol. The lowest BCUT2D eigenvalue weighted by atomic mass is 9.97. The number of rotatable bonds is 7. The molecule has 8 nitrogen and oxygen atoms in total. The molecule has 176 valence electrons. The number of hydrogen-bond donors (Lipinski definition) is 1. The third kappa shape index (κ3) is 4.93. The van der Waals surface area contributed by atoms with E-state index in [0.29, 0.717) is 31.1 Å². The molecule has 4 heterocycles. The number of carbonyl (C=O) groups is 1. The molecule has 0 bridgehead atoms. The van der Waals surface area contributed by atoms with Crippen LogP contribution in [0.5, 0.6) is 0 Å². The molecule has 2 aliphatic heterocycles. The lowest BCUT2D eigenvalue weighted by molar-refractivity contribution is -0.120. The Balaban J connectivity index is 1.39. The molecule has 32 heavy (non-hydrogen) atoms. The van der Waals surface area contributed by atoms with Gasteiger partial charge in [0.1, 0.15) is 0 Å². The third-order valence-corrected chi connectivity index (χ3v) is 9.22. The van der Waals surface area contributed by atoms with Gasteiger partial charge >= 0.3 is 0 Å². The van der Waals surface area contributed by atoms with Crippen LogP contribution in [0.15, 0.2) is 11.4 Å². The number of nitrogens with one attached hydrogen (secondary N) is 1. The molecule has 0 aliphatic carbocycles. The van der Waals surface area contributed by atoms with E-state index in [1.54, 1.807) is 6.92 Å². The van der Waals surface area contributed by atoms with Gasteiger partial charge in [0.25, 0.3) is 0 Å². The first-order chi connectivity index (χ1) is 15.3. The van der Waals surface area contributed by atoms with Crippen LogP contribution in [-0.4, -0.2) is 59.7 Å². The van der Waals surface area contributed by atoms with Crippen molar-refractivity contribution in [2.45, 2.75) is 59.1 Å². The quantitative estimate of drug-likeness (QED) is 0.656. The minimum Gasteiger partial charge on any atom is -0.376 e. The predicted octanol–water partition coefficient (Wildman–Crippen LogP) is 3.41. The molecule has 0 aromatic carbocycles. The summed E-state index contributed by atoms with van der Waals surface area (Å²) in [5.41, 5.74) is 4.28. The Morgan fingerprint density at radius 2 is 2.03 bits per heavy atom. The topological polar surface area (TPSA) is 93.5 Å². The van der Waals surface area contributed by atoms with E-state index in [1.807, 2.05) is 5.38 Å². The summed E-state index contributed by atoms with van der Waals surface area (Å²) < 4.78 is 33.6. The highest BCUT2D eigenvalue weighted by Gasteiger charge is 2.30. The third-order valence-electron chi connectivity index (χ3n) is 6.58. The molecule has 1 atom stereocenters. The number of sulfonamides is 1. The van der Waals surface area contributed by atoms with Gasteiger partial charge in [0.05, 0.1) is 17.6 Å². The Hall–Kier alpha value is -1.75. The van der Waals surface area contributed by atoms with Gasteiger partial charge in [0.15, 0.2) is 5.13 Å². The van der Waals surface area contributed by atoms with Gasteiger partial charge in [-0.25, -0.2) is 17.7 Å². The molecule has 1 amide bonds. The predicted molar refractivity (Wildman–Crippen MR) is 126 cm³/mol. The standard InChI is InChI=1S/C22H32N4O4S2/c1-4-32(28,29)25-9-7-17(8-10-25)21(27)24-22-23-20(14-31-22)19-12-15(2)26(16(19)3)13-18-6-5-11-30-18/h12,14,17-18H,4-11,13H2,1-3H3,(H,23,24,27). The number of aromatic nitrogens is 2. The van der Waals surface area contributed by atoms with Crippen molar-refractivity contribution in [3.05, 3.63) is 22.8 Å². The molecule has 2 fully saturated rings. The summed E-state index contributed by atoms with van der Waals surface area (Å²) >= 11 is 1.42.